The van der Waals surface area contributed by atoms with E-state index in [1.165, 1.54) is 4.80 Å². The first kappa shape index (κ1) is 17.1. The number of ether oxygens (including phenoxy) is 1. The number of hydrogen-bond acceptors (Lipinski definition) is 6. The average Bonchev–Trinajstić information content (AvgIpc) is 3.14. The first-order chi connectivity index (χ1) is 11.3. The Kier molecular flexibility index (Phi) is 4.76. The van der Waals surface area contributed by atoms with E-state index < -0.39 is 5.60 Å². The molecule has 2 saturated heterocycles. The predicted molar refractivity (Wildman–Crippen MR) is 88.3 cm³/mol. The summed E-state index contributed by atoms with van der Waals surface area (Å²) in [7, 11) is 1.80. The van der Waals surface area contributed by atoms with E-state index >= 15 is 0 Å². The topological polar surface area (TPSA) is 76.4 Å². The molecule has 3 rings (SSSR count). The molecule has 1 amide bonds. The number of aromatic nitrogens is 4. The number of likely N-dealkylation sites (tertiary alicyclic amines) is 2. The largest absolute Gasteiger partial charge is 0.444 e. The molecule has 1 atom stereocenters. The summed E-state index contributed by atoms with van der Waals surface area (Å²) in [6, 6.07) is 0.733. The zero-order valence-electron chi connectivity index (χ0n) is 15.1. The molecule has 2 fully saturated rings. The molecule has 0 aromatic carbocycles. The molecular formula is C16H28N6O2. The van der Waals surface area contributed by atoms with Crippen LogP contribution in [0.3, 0.4) is 0 Å². The van der Waals surface area contributed by atoms with E-state index in [1.807, 2.05) is 25.7 Å². The van der Waals surface area contributed by atoms with Crippen LogP contribution in [0.1, 0.15) is 58.3 Å². The summed E-state index contributed by atoms with van der Waals surface area (Å²) < 4.78 is 5.47. The third-order valence-corrected chi connectivity index (χ3v) is 4.70. The van der Waals surface area contributed by atoms with Gasteiger partial charge < -0.3 is 9.64 Å². The molecule has 2 aliphatic heterocycles. The number of piperidine rings is 1. The molecule has 1 unspecified atom stereocenters. The second-order valence-electron chi connectivity index (χ2n) is 7.73. The lowest BCUT2D eigenvalue weighted by atomic mass is 10.0. The smallest absolute Gasteiger partial charge is 0.410 e. The number of carbonyl (C=O) groups excluding carboxylic acids is 1. The van der Waals surface area contributed by atoms with Gasteiger partial charge in [0.05, 0.1) is 13.1 Å². The average molecular weight is 336 g/mol. The van der Waals surface area contributed by atoms with Crippen LogP contribution in [-0.2, 0) is 11.8 Å². The molecule has 0 N–H and O–H groups in total. The lowest BCUT2D eigenvalue weighted by Crippen LogP contribution is -2.47. The summed E-state index contributed by atoms with van der Waals surface area (Å²) in [5, 5.41) is 12.6. The quantitative estimate of drug-likeness (QED) is 0.819. The van der Waals surface area contributed by atoms with Crippen molar-refractivity contribution in [3.63, 3.8) is 0 Å². The fraction of sp³-hybridized carbons (Fsp3) is 0.875. The van der Waals surface area contributed by atoms with Crippen molar-refractivity contribution in [3.8, 4) is 0 Å². The number of tetrazole rings is 1. The van der Waals surface area contributed by atoms with Gasteiger partial charge in [0.2, 0.25) is 0 Å². The van der Waals surface area contributed by atoms with Crippen molar-refractivity contribution in [2.24, 2.45) is 7.05 Å². The number of carbonyl (C=O) groups is 1. The molecule has 3 heterocycles. The van der Waals surface area contributed by atoms with Crippen molar-refractivity contribution in [3.05, 3.63) is 5.82 Å². The maximum atomic E-state index is 12.2. The summed E-state index contributed by atoms with van der Waals surface area (Å²) in [4.78, 5) is 18.0. The van der Waals surface area contributed by atoms with Crippen LogP contribution in [0.4, 0.5) is 4.79 Å². The van der Waals surface area contributed by atoms with Gasteiger partial charge in [-0.2, -0.15) is 4.80 Å². The minimum atomic E-state index is -0.439. The highest BCUT2D eigenvalue weighted by molar-refractivity contribution is 5.68. The predicted octanol–water partition coefficient (Wildman–Crippen LogP) is 1.75. The molecule has 8 heteroatoms. The van der Waals surface area contributed by atoms with Crippen molar-refractivity contribution in [2.75, 3.05) is 19.6 Å². The number of hydrogen-bond donors (Lipinski definition) is 0. The lowest BCUT2D eigenvalue weighted by Gasteiger charge is -2.39. The SMILES string of the molecule is Cn1nnc(C2CCCN2C2CCN(C(=O)OC(C)(C)C)CC2)n1. The van der Waals surface area contributed by atoms with Crippen LogP contribution in [0.2, 0.25) is 0 Å². The van der Waals surface area contributed by atoms with Gasteiger partial charge in [0.25, 0.3) is 0 Å². The standard InChI is InChI=1S/C16H28N6O2/c1-16(2,3)24-15(23)21-10-7-12(8-11-21)22-9-5-6-13(22)14-17-19-20(4)18-14/h12-13H,5-11H2,1-4H3. The molecule has 0 aliphatic carbocycles. The maximum absolute atomic E-state index is 12.2. The Hall–Kier alpha value is -1.70. The Balaban J connectivity index is 1.57. The first-order valence-electron chi connectivity index (χ1n) is 8.81. The van der Waals surface area contributed by atoms with Crippen LogP contribution in [0.25, 0.3) is 0 Å². The molecule has 1 aromatic rings. The molecule has 8 nitrogen and oxygen atoms in total. The van der Waals surface area contributed by atoms with Crippen LogP contribution < -0.4 is 0 Å². The summed E-state index contributed by atoms with van der Waals surface area (Å²) >= 11 is 0. The molecule has 0 saturated carbocycles. The molecule has 134 valence electrons. The van der Waals surface area contributed by atoms with E-state index in [4.69, 9.17) is 4.74 Å². The van der Waals surface area contributed by atoms with Crippen molar-refractivity contribution in [1.82, 2.24) is 30.0 Å². The van der Waals surface area contributed by atoms with Crippen LogP contribution in [0, 0.1) is 0 Å². The van der Waals surface area contributed by atoms with Gasteiger partial charge in [-0.3, -0.25) is 4.90 Å². The van der Waals surface area contributed by atoms with Gasteiger partial charge in [-0.15, -0.1) is 10.2 Å². The second-order valence-corrected chi connectivity index (χ2v) is 7.73. The molecule has 0 bridgehead atoms. The van der Waals surface area contributed by atoms with Crippen molar-refractivity contribution in [2.45, 2.75) is 64.1 Å². The van der Waals surface area contributed by atoms with Crippen LogP contribution in [0.5, 0.6) is 0 Å². The van der Waals surface area contributed by atoms with E-state index in [0.717, 1.165) is 51.1 Å². The van der Waals surface area contributed by atoms with Crippen LogP contribution >= 0.6 is 0 Å². The van der Waals surface area contributed by atoms with E-state index in [9.17, 15) is 4.79 Å². The molecule has 2 aliphatic rings. The number of amides is 1. The van der Waals surface area contributed by atoms with Crippen molar-refractivity contribution < 1.29 is 9.53 Å². The maximum Gasteiger partial charge on any atom is 0.410 e. The summed E-state index contributed by atoms with van der Waals surface area (Å²) in [5.41, 5.74) is -0.439. The van der Waals surface area contributed by atoms with E-state index in [-0.39, 0.29) is 12.1 Å². The fourth-order valence-corrected chi connectivity index (χ4v) is 3.64. The number of aryl methyl sites for hydroxylation is 1. The zero-order valence-corrected chi connectivity index (χ0v) is 15.1. The highest BCUT2D eigenvalue weighted by atomic mass is 16.6. The normalized spacial score (nSPS) is 23.7. The van der Waals surface area contributed by atoms with E-state index in [1.54, 1.807) is 7.05 Å². The molecule has 1 aromatic heterocycles. The molecular weight excluding hydrogens is 308 g/mol. The number of rotatable bonds is 2. The van der Waals surface area contributed by atoms with Gasteiger partial charge in [-0.25, -0.2) is 4.79 Å². The van der Waals surface area contributed by atoms with Crippen molar-refractivity contribution in [1.29, 1.82) is 0 Å². The highest BCUT2D eigenvalue weighted by Crippen LogP contribution is 2.34. The van der Waals surface area contributed by atoms with Gasteiger partial charge in [0.1, 0.15) is 5.60 Å². The monoisotopic (exact) mass is 336 g/mol. The van der Waals surface area contributed by atoms with Gasteiger partial charge >= 0.3 is 6.09 Å². The molecule has 24 heavy (non-hydrogen) atoms. The number of nitrogens with zero attached hydrogens (tertiary/aromatic N) is 6. The van der Waals surface area contributed by atoms with Gasteiger partial charge in [0.15, 0.2) is 5.82 Å². The van der Waals surface area contributed by atoms with Gasteiger partial charge in [-0.1, -0.05) is 0 Å². The van der Waals surface area contributed by atoms with Crippen LogP contribution in [0.15, 0.2) is 0 Å². The van der Waals surface area contributed by atoms with Crippen LogP contribution in [-0.4, -0.2) is 67.4 Å². The lowest BCUT2D eigenvalue weighted by molar-refractivity contribution is 0.0132. The first-order valence-corrected chi connectivity index (χ1v) is 8.81. The fourth-order valence-electron chi connectivity index (χ4n) is 3.64. The Bertz CT molecular complexity index is 573. The van der Waals surface area contributed by atoms with E-state index in [2.05, 4.69) is 20.3 Å². The van der Waals surface area contributed by atoms with Gasteiger partial charge in [0, 0.05) is 19.1 Å². The van der Waals surface area contributed by atoms with Crippen molar-refractivity contribution >= 4 is 6.09 Å². The highest BCUT2D eigenvalue weighted by Gasteiger charge is 2.37. The summed E-state index contributed by atoms with van der Waals surface area (Å²) in [6.45, 7) is 8.27. The van der Waals surface area contributed by atoms with Gasteiger partial charge in [-0.05, 0) is 58.2 Å². The second kappa shape index (κ2) is 6.66. The Morgan fingerprint density at radius 2 is 1.88 bits per heavy atom. The third kappa shape index (κ3) is 3.85. The minimum absolute atomic E-state index is 0.200. The molecule has 0 spiro atoms. The molecule has 0 radical (unpaired) electrons. The summed E-state index contributed by atoms with van der Waals surface area (Å²) in [5.74, 6) is 0.824. The third-order valence-electron chi connectivity index (χ3n) is 4.70. The Morgan fingerprint density at radius 3 is 2.46 bits per heavy atom. The van der Waals surface area contributed by atoms with E-state index in [0.29, 0.717) is 6.04 Å². The zero-order chi connectivity index (χ0) is 17.3. The minimum Gasteiger partial charge on any atom is -0.444 e. The Morgan fingerprint density at radius 1 is 1.17 bits per heavy atom. The Labute approximate surface area is 143 Å². The summed E-state index contributed by atoms with van der Waals surface area (Å²) in [6.07, 6.45) is 3.98.